The topological polar surface area (TPSA) is 24.5 Å². The van der Waals surface area contributed by atoms with E-state index in [2.05, 4.69) is 85.3 Å². The molecule has 2 aliphatic rings. The van der Waals surface area contributed by atoms with E-state index in [1.54, 1.807) is 6.08 Å². The van der Waals surface area contributed by atoms with Crippen LogP contribution in [0.5, 0.6) is 5.75 Å². The highest BCUT2D eigenvalue weighted by Crippen LogP contribution is 2.50. The van der Waals surface area contributed by atoms with E-state index in [9.17, 15) is 0 Å². The first-order chi connectivity index (χ1) is 13.7. The maximum absolute atomic E-state index is 5.76. The third kappa shape index (κ3) is 3.42. The van der Waals surface area contributed by atoms with E-state index in [1.807, 2.05) is 0 Å². The van der Waals surface area contributed by atoms with Gasteiger partial charge in [0.15, 0.2) is 0 Å². The molecule has 28 heavy (non-hydrogen) atoms. The van der Waals surface area contributed by atoms with Crippen molar-refractivity contribution in [1.29, 1.82) is 0 Å². The van der Waals surface area contributed by atoms with Crippen molar-refractivity contribution in [1.82, 2.24) is 0 Å². The second-order valence-electron chi connectivity index (χ2n) is 7.59. The van der Waals surface area contributed by atoms with Crippen LogP contribution in [0.2, 0.25) is 0 Å². The molecule has 0 saturated carbocycles. The van der Waals surface area contributed by atoms with Crippen LogP contribution >= 0.6 is 0 Å². The first kappa shape index (κ1) is 18.7. The van der Waals surface area contributed by atoms with Crippen molar-refractivity contribution in [2.75, 3.05) is 29.9 Å². The van der Waals surface area contributed by atoms with Gasteiger partial charge in [-0.2, -0.15) is 0 Å². The van der Waals surface area contributed by atoms with Gasteiger partial charge in [-0.25, -0.2) is 0 Å². The molecular weight excluding hydrogens is 344 g/mol. The third-order valence-electron chi connectivity index (χ3n) is 6.08. The summed E-state index contributed by atoms with van der Waals surface area (Å²) in [4.78, 5) is 2.39. The lowest BCUT2D eigenvalue weighted by Gasteiger charge is -2.38. The number of nitrogens with one attached hydrogen (secondary N) is 1. The lowest BCUT2D eigenvalue weighted by atomic mass is 9.77. The van der Waals surface area contributed by atoms with Gasteiger partial charge in [0.2, 0.25) is 0 Å². The molecule has 2 aromatic rings. The number of hydrogen-bond acceptors (Lipinski definition) is 3. The highest BCUT2D eigenvalue weighted by atomic mass is 16.5. The molecule has 3 unspecified atom stereocenters. The van der Waals surface area contributed by atoms with Crippen LogP contribution in [0.1, 0.15) is 43.4 Å². The van der Waals surface area contributed by atoms with E-state index in [0.717, 1.165) is 25.3 Å². The predicted molar refractivity (Wildman–Crippen MR) is 118 cm³/mol. The molecule has 3 atom stereocenters. The zero-order chi connectivity index (χ0) is 19.5. The van der Waals surface area contributed by atoms with Crippen molar-refractivity contribution in [3.05, 3.63) is 78.4 Å². The number of ether oxygens (including phenoxy) is 1. The molecule has 3 heteroatoms. The number of hydrogen-bond donors (Lipinski definition) is 1. The van der Waals surface area contributed by atoms with Gasteiger partial charge < -0.3 is 15.0 Å². The third-order valence-corrected chi connectivity index (χ3v) is 6.08. The van der Waals surface area contributed by atoms with Gasteiger partial charge in [-0.15, -0.1) is 0 Å². The molecule has 0 bridgehead atoms. The van der Waals surface area contributed by atoms with Gasteiger partial charge in [0, 0.05) is 30.4 Å². The van der Waals surface area contributed by atoms with E-state index in [4.69, 9.17) is 4.74 Å². The molecule has 1 aliphatic carbocycles. The fraction of sp³-hybridized carbons (Fsp3) is 0.360. The molecule has 4 rings (SSSR count). The van der Waals surface area contributed by atoms with Gasteiger partial charge in [0.25, 0.3) is 0 Å². The van der Waals surface area contributed by atoms with Crippen molar-refractivity contribution in [3.63, 3.8) is 0 Å². The molecule has 1 heterocycles. The minimum Gasteiger partial charge on any atom is -0.490 e. The number of rotatable bonds is 7. The highest BCUT2D eigenvalue weighted by molar-refractivity contribution is 5.62. The maximum Gasteiger partial charge on any atom is 0.120 e. The zero-order valence-corrected chi connectivity index (χ0v) is 16.9. The second-order valence-corrected chi connectivity index (χ2v) is 7.59. The van der Waals surface area contributed by atoms with Gasteiger partial charge >= 0.3 is 0 Å². The molecule has 3 nitrogen and oxygen atoms in total. The van der Waals surface area contributed by atoms with Crippen molar-refractivity contribution in [2.45, 2.75) is 32.2 Å². The van der Waals surface area contributed by atoms with Crippen molar-refractivity contribution in [2.24, 2.45) is 5.92 Å². The summed E-state index contributed by atoms with van der Waals surface area (Å²) in [6, 6.07) is 15.9. The molecule has 146 valence electrons. The summed E-state index contributed by atoms with van der Waals surface area (Å²) in [5.41, 5.74) is 5.23. The normalized spacial score (nSPS) is 22.1. The van der Waals surface area contributed by atoms with Gasteiger partial charge in [0.1, 0.15) is 12.4 Å². The number of benzene rings is 2. The predicted octanol–water partition coefficient (Wildman–Crippen LogP) is 5.92. The Morgan fingerprint density at radius 1 is 1.14 bits per heavy atom. The van der Waals surface area contributed by atoms with Crippen molar-refractivity contribution in [3.8, 4) is 5.75 Å². The van der Waals surface area contributed by atoms with Gasteiger partial charge in [-0.05, 0) is 67.6 Å². The summed E-state index contributed by atoms with van der Waals surface area (Å²) in [6.45, 7) is 10.8. The molecule has 0 aromatic heterocycles. The number of anilines is 2. The van der Waals surface area contributed by atoms with Crippen LogP contribution in [0, 0.1) is 5.92 Å². The molecular formula is C25H30N2O. The molecule has 0 fully saturated rings. The summed E-state index contributed by atoms with van der Waals surface area (Å²) in [6.07, 6.45) is 7.60. The largest absolute Gasteiger partial charge is 0.490 e. The molecule has 0 spiro atoms. The Hall–Kier alpha value is -2.68. The molecule has 0 saturated heterocycles. The van der Waals surface area contributed by atoms with E-state index in [1.165, 1.54) is 22.5 Å². The average Bonchev–Trinajstić information content (AvgIpc) is 3.23. The summed E-state index contributed by atoms with van der Waals surface area (Å²) >= 11 is 0. The zero-order valence-electron chi connectivity index (χ0n) is 16.9. The number of allylic oxidation sites excluding steroid dienone is 2. The Labute approximate surface area is 168 Å². The Morgan fingerprint density at radius 3 is 2.64 bits per heavy atom. The van der Waals surface area contributed by atoms with E-state index in [0.29, 0.717) is 24.5 Å². The quantitative estimate of drug-likeness (QED) is 0.608. The smallest absolute Gasteiger partial charge is 0.120 e. The fourth-order valence-electron chi connectivity index (χ4n) is 4.63. The van der Waals surface area contributed by atoms with Crippen LogP contribution in [0.15, 0.2) is 67.3 Å². The number of nitrogens with zero attached hydrogens (tertiary/aromatic N) is 1. The molecule has 1 N–H and O–H groups in total. The van der Waals surface area contributed by atoms with Gasteiger partial charge in [-0.3, -0.25) is 0 Å². The van der Waals surface area contributed by atoms with Crippen LogP contribution in [-0.4, -0.2) is 19.7 Å². The summed E-state index contributed by atoms with van der Waals surface area (Å²) in [7, 11) is 0. The van der Waals surface area contributed by atoms with Crippen molar-refractivity contribution >= 4 is 11.4 Å². The fourth-order valence-corrected chi connectivity index (χ4v) is 4.63. The highest BCUT2D eigenvalue weighted by Gasteiger charge is 2.38. The Morgan fingerprint density at radius 2 is 1.93 bits per heavy atom. The van der Waals surface area contributed by atoms with Crippen LogP contribution in [0.25, 0.3) is 0 Å². The molecule has 0 radical (unpaired) electrons. The minimum atomic E-state index is 0.332. The lowest BCUT2D eigenvalue weighted by Crippen LogP contribution is -2.29. The maximum atomic E-state index is 5.76. The minimum absolute atomic E-state index is 0.332. The van der Waals surface area contributed by atoms with Crippen LogP contribution in [0.3, 0.4) is 0 Å². The van der Waals surface area contributed by atoms with E-state index >= 15 is 0 Å². The monoisotopic (exact) mass is 374 g/mol. The van der Waals surface area contributed by atoms with E-state index in [-0.39, 0.29) is 0 Å². The molecule has 0 amide bonds. The first-order valence-corrected chi connectivity index (χ1v) is 10.4. The Balaban J connectivity index is 1.61. The lowest BCUT2D eigenvalue weighted by molar-refractivity contribution is 0.361. The van der Waals surface area contributed by atoms with Gasteiger partial charge in [-0.1, -0.05) is 36.9 Å². The Bertz CT molecular complexity index is 851. The number of fused-ring (bicyclic) bond motifs is 3. The Kier molecular flexibility index (Phi) is 5.43. The summed E-state index contributed by atoms with van der Waals surface area (Å²) < 4.78 is 5.76. The first-order valence-electron chi connectivity index (χ1n) is 10.4. The van der Waals surface area contributed by atoms with Crippen molar-refractivity contribution < 1.29 is 4.74 Å². The second kappa shape index (κ2) is 8.14. The summed E-state index contributed by atoms with van der Waals surface area (Å²) in [5.74, 6) is 1.90. The average molecular weight is 375 g/mol. The standard InChI is InChI=1S/C25H30N2O/c1-4-16-28-20-14-15-24-23(17-20)21-8-7-9-22(21)25(26-24)18-10-12-19(13-11-18)27(5-2)6-3/h4,7-8,10-15,17,21-22,25-26H,1,5-6,9,16H2,2-3H3. The van der Waals surface area contributed by atoms with Crippen LogP contribution in [0.4, 0.5) is 11.4 Å². The van der Waals surface area contributed by atoms with E-state index < -0.39 is 0 Å². The molecule has 1 aliphatic heterocycles. The van der Waals surface area contributed by atoms with Gasteiger partial charge in [0.05, 0.1) is 6.04 Å². The molecule has 2 aromatic carbocycles. The van der Waals surface area contributed by atoms with Crippen LogP contribution in [-0.2, 0) is 0 Å². The van der Waals surface area contributed by atoms with Crippen LogP contribution < -0.4 is 15.0 Å². The SMILES string of the molecule is C=CCOc1ccc2c(c1)C1C=CCC1C(c1ccc(N(CC)CC)cc1)N2. The summed E-state index contributed by atoms with van der Waals surface area (Å²) in [5, 5.41) is 3.82.